The van der Waals surface area contributed by atoms with Crippen molar-refractivity contribution in [2.24, 2.45) is 11.7 Å². The summed E-state index contributed by atoms with van der Waals surface area (Å²) in [5.74, 6) is 0.952. The molecule has 0 aromatic rings. The zero-order chi connectivity index (χ0) is 9.80. The van der Waals surface area contributed by atoms with E-state index in [0.717, 1.165) is 5.92 Å². The molecule has 2 heteroatoms. The minimum Gasteiger partial charge on any atom is -0.328 e. The Kier molecular flexibility index (Phi) is 3.82. The molecule has 2 aliphatic rings. The molecule has 82 valence electrons. The van der Waals surface area contributed by atoms with E-state index >= 15 is 0 Å². The zero-order valence-electron chi connectivity index (χ0n) is 9.25. The summed E-state index contributed by atoms with van der Waals surface area (Å²) in [6.07, 6.45) is 9.57. The minimum absolute atomic E-state index is 0.507. The largest absolute Gasteiger partial charge is 0.328 e. The first-order valence-electron chi connectivity index (χ1n) is 6.32. The van der Waals surface area contributed by atoms with Gasteiger partial charge in [-0.05, 0) is 57.5 Å². The van der Waals surface area contributed by atoms with E-state index in [1.165, 1.54) is 64.6 Å². The Balaban J connectivity index is 1.68. The maximum atomic E-state index is 5.92. The average molecular weight is 196 g/mol. The van der Waals surface area contributed by atoms with Crippen molar-refractivity contribution in [2.75, 3.05) is 19.6 Å². The van der Waals surface area contributed by atoms with Crippen LogP contribution in [-0.4, -0.2) is 30.6 Å². The van der Waals surface area contributed by atoms with Gasteiger partial charge in [0.25, 0.3) is 0 Å². The molecule has 0 bridgehead atoms. The lowest BCUT2D eigenvalue weighted by molar-refractivity contribution is 0.169. The third-order valence-corrected chi connectivity index (χ3v) is 3.86. The molecule has 2 nitrogen and oxygen atoms in total. The van der Waals surface area contributed by atoms with Crippen molar-refractivity contribution < 1.29 is 0 Å². The maximum absolute atomic E-state index is 5.92. The van der Waals surface area contributed by atoms with Crippen molar-refractivity contribution in [2.45, 2.75) is 51.0 Å². The molecule has 0 unspecified atom stereocenters. The van der Waals surface area contributed by atoms with Gasteiger partial charge >= 0.3 is 0 Å². The van der Waals surface area contributed by atoms with Crippen molar-refractivity contribution in [1.82, 2.24) is 4.90 Å². The first-order chi connectivity index (χ1) is 6.84. The van der Waals surface area contributed by atoms with Gasteiger partial charge in [0.15, 0.2) is 0 Å². The van der Waals surface area contributed by atoms with Crippen molar-refractivity contribution in [3.05, 3.63) is 0 Å². The van der Waals surface area contributed by atoms with E-state index in [4.69, 9.17) is 5.73 Å². The fraction of sp³-hybridized carbons (Fsp3) is 1.00. The van der Waals surface area contributed by atoms with Gasteiger partial charge in [-0.15, -0.1) is 0 Å². The van der Waals surface area contributed by atoms with Crippen molar-refractivity contribution in [1.29, 1.82) is 0 Å². The lowest BCUT2D eigenvalue weighted by atomic mass is 9.86. The second-order valence-corrected chi connectivity index (χ2v) is 5.14. The number of rotatable bonds is 2. The maximum Gasteiger partial charge on any atom is 0.00390 e. The predicted molar refractivity (Wildman–Crippen MR) is 60.2 cm³/mol. The first-order valence-corrected chi connectivity index (χ1v) is 6.32. The predicted octanol–water partition coefficient (Wildman–Crippen LogP) is 1.99. The molecular weight excluding hydrogens is 172 g/mol. The van der Waals surface area contributed by atoms with Crippen LogP contribution in [0.15, 0.2) is 0 Å². The number of nitrogens with two attached hydrogens (primary N) is 1. The number of nitrogens with zero attached hydrogens (tertiary/aromatic N) is 1. The summed E-state index contributed by atoms with van der Waals surface area (Å²) in [5.41, 5.74) is 5.92. The smallest absolute Gasteiger partial charge is 0.00390 e. The second-order valence-electron chi connectivity index (χ2n) is 5.14. The van der Waals surface area contributed by atoms with Gasteiger partial charge in [0.2, 0.25) is 0 Å². The molecule has 0 atom stereocenters. The Bertz CT molecular complexity index is 156. The summed E-state index contributed by atoms with van der Waals surface area (Å²) >= 11 is 0. The third-order valence-electron chi connectivity index (χ3n) is 3.86. The summed E-state index contributed by atoms with van der Waals surface area (Å²) in [7, 11) is 0. The topological polar surface area (TPSA) is 29.3 Å². The summed E-state index contributed by atoms with van der Waals surface area (Å²) < 4.78 is 0. The van der Waals surface area contributed by atoms with E-state index in [2.05, 4.69) is 4.90 Å². The number of hydrogen-bond acceptors (Lipinski definition) is 2. The number of hydrogen-bond donors (Lipinski definition) is 1. The Labute approximate surface area is 87.8 Å². The summed E-state index contributed by atoms with van der Waals surface area (Å²) in [6.45, 7) is 4.05. The average Bonchev–Trinajstić information content (AvgIpc) is 2.23. The third kappa shape index (κ3) is 2.96. The summed E-state index contributed by atoms with van der Waals surface area (Å²) in [6, 6.07) is 0.507. The molecule has 1 aliphatic carbocycles. The molecule has 2 N–H and O–H groups in total. The van der Waals surface area contributed by atoms with Gasteiger partial charge in [-0.25, -0.2) is 0 Å². The molecule has 0 aromatic carbocycles. The molecule has 0 radical (unpaired) electrons. The molecule has 14 heavy (non-hydrogen) atoms. The molecule has 1 saturated carbocycles. The van der Waals surface area contributed by atoms with E-state index in [0.29, 0.717) is 6.04 Å². The van der Waals surface area contributed by atoms with Gasteiger partial charge in [-0.3, -0.25) is 0 Å². The van der Waals surface area contributed by atoms with Gasteiger partial charge in [-0.2, -0.15) is 0 Å². The minimum atomic E-state index is 0.507. The van der Waals surface area contributed by atoms with E-state index < -0.39 is 0 Å². The van der Waals surface area contributed by atoms with E-state index in [1.807, 2.05) is 0 Å². The van der Waals surface area contributed by atoms with Crippen molar-refractivity contribution >= 4 is 0 Å². The molecule has 1 heterocycles. The SMILES string of the molecule is NC1CCC(CN2CCCCC2)CC1. The van der Waals surface area contributed by atoms with Crippen LogP contribution in [0.25, 0.3) is 0 Å². The lowest BCUT2D eigenvalue weighted by Crippen LogP contribution is -2.37. The molecule has 1 aliphatic heterocycles. The van der Waals surface area contributed by atoms with E-state index in [1.54, 1.807) is 0 Å². The Morgan fingerprint density at radius 3 is 2.21 bits per heavy atom. The van der Waals surface area contributed by atoms with Crippen LogP contribution in [0.3, 0.4) is 0 Å². The zero-order valence-corrected chi connectivity index (χ0v) is 9.25. The van der Waals surface area contributed by atoms with Crippen LogP contribution in [0, 0.1) is 5.92 Å². The highest BCUT2D eigenvalue weighted by Gasteiger charge is 2.21. The van der Waals surface area contributed by atoms with Gasteiger partial charge in [0.1, 0.15) is 0 Å². The van der Waals surface area contributed by atoms with Crippen molar-refractivity contribution in [3.8, 4) is 0 Å². The van der Waals surface area contributed by atoms with E-state index in [-0.39, 0.29) is 0 Å². The highest BCUT2D eigenvalue weighted by Crippen LogP contribution is 2.24. The molecule has 1 saturated heterocycles. The quantitative estimate of drug-likeness (QED) is 0.732. The fourth-order valence-electron chi connectivity index (χ4n) is 2.88. The van der Waals surface area contributed by atoms with Crippen LogP contribution < -0.4 is 5.73 Å². The molecule has 0 amide bonds. The van der Waals surface area contributed by atoms with Crippen LogP contribution in [0.1, 0.15) is 44.9 Å². The number of likely N-dealkylation sites (tertiary alicyclic amines) is 1. The van der Waals surface area contributed by atoms with Gasteiger partial charge < -0.3 is 10.6 Å². The fourth-order valence-corrected chi connectivity index (χ4v) is 2.88. The van der Waals surface area contributed by atoms with E-state index in [9.17, 15) is 0 Å². The van der Waals surface area contributed by atoms with Gasteiger partial charge in [-0.1, -0.05) is 6.42 Å². The molecular formula is C12H24N2. The van der Waals surface area contributed by atoms with Crippen LogP contribution >= 0.6 is 0 Å². The monoisotopic (exact) mass is 196 g/mol. The van der Waals surface area contributed by atoms with Gasteiger partial charge in [0.05, 0.1) is 0 Å². The first kappa shape index (κ1) is 10.4. The second kappa shape index (κ2) is 5.13. The Morgan fingerprint density at radius 2 is 1.57 bits per heavy atom. The molecule has 2 fully saturated rings. The molecule has 0 spiro atoms. The molecule has 0 aromatic heterocycles. The summed E-state index contributed by atoms with van der Waals surface area (Å²) in [4.78, 5) is 2.67. The Hall–Kier alpha value is -0.0800. The molecule has 2 rings (SSSR count). The van der Waals surface area contributed by atoms with Crippen molar-refractivity contribution in [3.63, 3.8) is 0 Å². The highest BCUT2D eigenvalue weighted by molar-refractivity contribution is 4.77. The van der Waals surface area contributed by atoms with Gasteiger partial charge in [0, 0.05) is 12.6 Å². The normalized spacial score (nSPS) is 35.8. The Morgan fingerprint density at radius 1 is 0.929 bits per heavy atom. The summed E-state index contributed by atoms with van der Waals surface area (Å²) in [5, 5.41) is 0. The number of piperidine rings is 1. The van der Waals surface area contributed by atoms with Crippen LogP contribution in [-0.2, 0) is 0 Å². The standard InChI is InChI=1S/C12H24N2/c13-12-6-4-11(5-7-12)10-14-8-2-1-3-9-14/h11-12H,1-10,13H2. The highest BCUT2D eigenvalue weighted by atomic mass is 15.1. The lowest BCUT2D eigenvalue weighted by Gasteiger charge is -2.33. The van der Waals surface area contributed by atoms with Crippen LogP contribution in [0.5, 0.6) is 0 Å². The van der Waals surface area contributed by atoms with Crippen LogP contribution in [0.2, 0.25) is 0 Å². The van der Waals surface area contributed by atoms with Crippen LogP contribution in [0.4, 0.5) is 0 Å².